The normalized spacial score (nSPS) is 8.63. The van der Waals surface area contributed by atoms with E-state index in [2.05, 4.69) is 5.32 Å². The van der Waals surface area contributed by atoms with E-state index in [4.69, 9.17) is 37.4 Å². The molecule has 0 aliphatic rings. The number of hydrogen-bond acceptors (Lipinski definition) is 6. The second kappa shape index (κ2) is 6.44. The van der Waals surface area contributed by atoms with Gasteiger partial charge in [-0.15, -0.1) is 0 Å². The van der Waals surface area contributed by atoms with Gasteiger partial charge in [-0.05, 0) is 17.6 Å². The highest BCUT2D eigenvalue weighted by Gasteiger charge is 2.14. The Bertz CT molecular complexity index is 636. The number of benzene rings is 1. The van der Waals surface area contributed by atoms with Crippen molar-refractivity contribution in [3.63, 3.8) is 0 Å². The van der Waals surface area contributed by atoms with E-state index in [-0.39, 0.29) is 21.9 Å². The Morgan fingerprint density at radius 1 is 1.16 bits per heavy atom. The van der Waals surface area contributed by atoms with E-state index in [1.807, 2.05) is 0 Å². The molecule has 0 fully saturated rings. The molecule has 0 aliphatic carbocycles. The lowest BCUT2D eigenvalue weighted by Gasteiger charge is -2.09. The minimum absolute atomic E-state index is 0.152. The summed E-state index contributed by atoms with van der Waals surface area (Å²) in [4.78, 5) is 0. The fraction of sp³-hybridized carbons (Fsp3) is 0. The number of nitrogens with one attached hydrogen (secondary N) is 1. The van der Waals surface area contributed by atoms with E-state index < -0.39 is 12.7 Å². The first-order valence-electron chi connectivity index (χ1n) is 4.90. The van der Waals surface area contributed by atoms with Crippen LogP contribution in [-0.2, 0) is 0 Å². The lowest BCUT2D eigenvalue weighted by atomic mass is 9.80. The van der Waals surface area contributed by atoms with Crippen LogP contribution in [0, 0.1) is 34.0 Å². The first-order valence-corrected chi connectivity index (χ1v) is 5.28. The zero-order chi connectivity index (χ0) is 14.4. The molecule has 1 aromatic rings. The second-order valence-corrected chi connectivity index (χ2v) is 3.73. The molecule has 1 rings (SSSR count). The number of rotatable bonds is 3. The predicted octanol–water partition coefficient (Wildman–Crippen LogP) is 0.257. The van der Waals surface area contributed by atoms with Crippen LogP contribution in [0.25, 0.3) is 0 Å². The molecule has 0 amide bonds. The van der Waals surface area contributed by atoms with Gasteiger partial charge in [0.05, 0.1) is 10.7 Å². The Balaban J connectivity index is 3.24. The first kappa shape index (κ1) is 14.6. The van der Waals surface area contributed by atoms with Crippen LogP contribution >= 0.6 is 11.6 Å². The number of anilines is 1. The van der Waals surface area contributed by atoms with Gasteiger partial charge < -0.3 is 15.4 Å². The molecular weight excluding hydrogens is 266 g/mol. The number of allylic oxidation sites excluding steroid dienone is 2. The van der Waals surface area contributed by atoms with Crippen LogP contribution in [0.5, 0.6) is 0 Å². The molecule has 0 aromatic heterocycles. The molecule has 19 heavy (non-hydrogen) atoms. The Hall–Kier alpha value is -2.50. The lowest BCUT2D eigenvalue weighted by molar-refractivity contribution is 0.426. The Morgan fingerprint density at radius 3 is 2.26 bits per heavy atom. The molecule has 0 atom stereocenters. The van der Waals surface area contributed by atoms with Crippen LogP contribution in [0.4, 0.5) is 5.69 Å². The van der Waals surface area contributed by atoms with E-state index in [0.29, 0.717) is 0 Å². The van der Waals surface area contributed by atoms with E-state index in [0.717, 1.165) is 0 Å². The SMILES string of the molecule is N#CC(C#N)=C(C#N)Nc1cc(B(O)O)ccc1Cl. The molecular formula is C11H6BClN4O2. The molecule has 0 unspecified atom stereocenters. The third kappa shape index (κ3) is 3.48. The molecule has 0 aliphatic heterocycles. The number of halogens is 1. The summed E-state index contributed by atoms with van der Waals surface area (Å²) < 4.78 is 0. The lowest BCUT2D eigenvalue weighted by Crippen LogP contribution is -2.29. The summed E-state index contributed by atoms with van der Waals surface area (Å²) in [6.07, 6.45) is 0. The van der Waals surface area contributed by atoms with E-state index in [1.165, 1.54) is 18.2 Å². The highest BCUT2D eigenvalue weighted by Crippen LogP contribution is 2.22. The molecule has 3 N–H and O–H groups in total. The molecule has 1 aromatic carbocycles. The monoisotopic (exact) mass is 272 g/mol. The summed E-state index contributed by atoms with van der Waals surface area (Å²) in [7, 11) is -1.70. The molecule has 0 spiro atoms. The molecule has 0 saturated carbocycles. The van der Waals surface area contributed by atoms with Crippen molar-refractivity contribution in [2.24, 2.45) is 0 Å². The minimum Gasteiger partial charge on any atom is -0.423 e. The Kier molecular flexibility index (Phi) is 4.94. The van der Waals surface area contributed by atoms with Crippen LogP contribution in [0.1, 0.15) is 0 Å². The van der Waals surface area contributed by atoms with Gasteiger partial charge in [-0.25, -0.2) is 0 Å². The largest absolute Gasteiger partial charge is 0.488 e. The third-order valence-electron chi connectivity index (χ3n) is 2.13. The highest BCUT2D eigenvalue weighted by atomic mass is 35.5. The van der Waals surface area contributed by atoms with E-state index in [9.17, 15) is 0 Å². The Labute approximate surface area is 114 Å². The minimum atomic E-state index is -1.70. The quantitative estimate of drug-likeness (QED) is 0.535. The maximum Gasteiger partial charge on any atom is 0.488 e. The number of nitriles is 3. The zero-order valence-electron chi connectivity index (χ0n) is 9.42. The van der Waals surface area contributed by atoms with Gasteiger partial charge in [0.25, 0.3) is 0 Å². The van der Waals surface area contributed by atoms with Crippen molar-refractivity contribution in [1.82, 2.24) is 0 Å². The number of nitrogens with zero attached hydrogens (tertiary/aromatic N) is 3. The van der Waals surface area contributed by atoms with Crippen LogP contribution in [0.2, 0.25) is 5.02 Å². The average molecular weight is 272 g/mol. The van der Waals surface area contributed by atoms with Crippen molar-refractivity contribution in [3.05, 3.63) is 34.5 Å². The molecule has 6 nitrogen and oxygen atoms in total. The summed E-state index contributed by atoms with van der Waals surface area (Å²) in [6, 6.07) is 8.90. The van der Waals surface area contributed by atoms with Crippen LogP contribution < -0.4 is 10.8 Å². The average Bonchev–Trinajstić information content (AvgIpc) is 2.40. The van der Waals surface area contributed by atoms with Crippen LogP contribution in [0.15, 0.2) is 29.5 Å². The molecule has 0 saturated heterocycles. The zero-order valence-corrected chi connectivity index (χ0v) is 10.2. The van der Waals surface area contributed by atoms with Crippen molar-refractivity contribution in [1.29, 1.82) is 15.8 Å². The van der Waals surface area contributed by atoms with Gasteiger partial charge in [0, 0.05) is 0 Å². The van der Waals surface area contributed by atoms with Crippen molar-refractivity contribution in [2.75, 3.05) is 5.32 Å². The molecule has 0 heterocycles. The van der Waals surface area contributed by atoms with Crippen LogP contribution in [-0.4, -0.2) is 17.2 Å². The topological polar surface area (TPSA) is 124 Å². The summed E-state index contributed by atoms with van der Waals surface area (Å²) >= 11 is 5.87. The predicted molar refractivity (Wildman–Crippen MR) is 68.8 cm³/mol. The van der Waals surface area contributed by atoms with Gasteiger partial charge in [0.2, 0.25) is 0 Å². The maximum absolute atomic E-state index is 9.03. The fourth-order valence-electron chi connectivity index (χ4n) is 1.22. The molecule has 8 heteroatoms. The van der Waals surface area contributed by atoms with Gasteiger partial charge in [-0.3, -0.25) is 0 Å². The van der Waals surface area contributed by atoms with Crippen molar-refractivity contribution >= 4 is 29.9 Å². The van der Waals surface area contributed by atoms with E-state index >= 15 is 0 Å². The van der Waals surface area contributed by atoms with Crippen molar-refractivity contribution in [3.8, 4) is 18.2 Å². The summed E-state index contributed by atoms with van der Waals surface area (Å²) in [6.45, 7) is 0. The fourth-order valence-corrected chi connectivity index (χ4v) is 1.38. The van der Waals surface area contributed by atoms with Gasteiger partial charge in [-0.1, -0.05) is 17.7 Å². The molecule has 92 valence electrons. The van der Waals surface area contributed by atoms with Crippen molar-refractivity contribution in [2.45, 2.75) is 0 Å². The second-order valence-electron chi connectivity index (χ2n) is 3.32. The molecule has 0 bridgehead atoms. The first-order chi connectivity index (χ1) is 9.03. The standard InChI is InChI=1S/C11H6BClN4O2/c13-9-2-1-8(12(18)19)3-10(9)17-11(6-16)7(4-14)5-15/h1-3,17-19H. The van der Waals surface area contributed by atoms with Crippen LogP contribution in [0.3, 0.4) is 0 Å². The highest BCUT2D eigenvalue weighted by molar-refractivity contribution is 6.58. The van der Waals surface area contributed by atoms with Gasteiger partial charge in [-0.2, -0.15) is 15.8 Å². The Morgan fingerprint density at radius 2 is 1.79 bits per heavy atom. The number of hydrogen-bond donors (Lipinski definition) is 3. The summed E-state index contributed by atoms with van der Waals surface area (Å²) in [5, 5.41) is 47.0. The third-order valence-corrected chi connectivity index (χ3v) is 2.46. The van der Waals surface area contributed by atoms with Crippen molar-refractivity contribution < 1.29 is 10.0 Å². The smallest absolute Gasteiger partial charge is 0.423 e. The summed E-state index contributed by atoms with van der Waals surface area (Å²) in [5.41, 5.74) is -0.323. The molecule has 0 radical (unpaired) electrons. The summed E-state index contributed by atoms with van der Waals surface area (Å²) in [5.74, 6) is 0. The van der Waals surface area contributed by atoms with Gasteiger partial charge >= 0.3 is 7.12 Å². The maximum atomic E-state index is 9.03. The van der Waals surface area contributed by atoms with E-state index in [1.54, 1.807) is 18.2 Å². The van der Waals surface area contributed by atoms with Gasteiger partial charge in [0.1, 0.15) is 23.9 Å². The van der Waals surface area contributed by atoms with Gasteiger partial charge in [0.15, 0.2) is 5.57 Å².